The van der Waals surface area contributed by atoms with Crippen LogP contribution in [0.1, 0.15) is 13.3 Å². The summed E-state index contributed by atoms with van der Waals surface area (Å²) < 4.78 is 2.00. The molecule has 0 bridgehead atoms. The standard InChI is InChI=1S/C19H17N3OS2/c1-14(24-19-21-16-10-5-6-11-17(16)25-19)18(23)22(13-7-12-20)15-8-3-2-4-9-15/h2-6,8-11,14H,7,13H2,1H3. The fraction of sp³-hybridized carbons (Fsp3) is 0.211. The predicted octanol–water partition coefficient (Wildman–Crippen LogP) is 4.72. The summed E-state index contributed by atoms with van der Waals surface area (Å²) in [5, 5.41) is 8.62. The Morgan fingerprint density at radius 1 is 1.24 bits per heavy atom. The van der Waals surface area contributed by atoms with Crippen molar-refractivity contribution in [3.05, 3.63) is 54.6 Å². The van der Waals surface area contributed by atoms with Gasteiger partial charge in [-0.3, -0.25) is 4.79 Å². The van der Waals surface area contributed by atoms with E-state index in [2.05, 4.69) is 11.1 Å². The molecule has 2 aromatic carbocycles. The number of hydrogen-bond donors (Lipinski definition) is 0. The van der Waals surface area contributed by atoms with Gasteiger partial charge in [-0.25, -0.2) is 4.98 Å². The molecule has 1 aromatic heterocycles. The maximum atomic E-state index is 12.9. The number of fused-ring (bicyclic) bond motifs is 1. The summed E-state index contributed by atoms with van der Waals surface area (Å²) in [5.41, 5.74) is 1.78. The summed E-state index contributed by atoms with van der Waals surface area (Å²) in [6, 6.07) is 19.6. The molecule has 25 heavy (non-hydrogen) atoms. The van der Waals surface area contributed by atoms with Gasteiger partial charge in [0.25, 0.3) is 0 Å². The number of anilines is 1. The van der Waals surface area contributed by atoms with Crippen LogP contribution in [0.25, 0.3) is 10.2 Å². The lowest BCUT2D eigenvalue weighted by Gasteiger charge is -2.24. The normalized spacial score (nSPS) is 11.8. The van der Waals surface area contributed by atoms with Crippen molar-refractivity contribution in [2.24, 2.45) is 0 Å². The average molecular weight is 367 g/mol. The third kappa shape index (κ3) is 4.19. The van der Waals surface area contributed by atoms with Gasteiger partial charge in [0.05, 0.1) is 28.0 Å². The quantitative estimate of drug-likeness (QED) is 0.591. The summed E-state index contributed by atoms with van der Waals surface area (Å²) >= 11 is 3.06. The summed E-state index contributed by atoms with van der Waals surface area (Å²) in [4.78, 5) is 19.2. The first-order valence-corrected chi connectivity index (χ1v) is 9.64. The molecule has 0 aliphatic rings. The van der Waals surface area contributed by atoms with E-state index in [-0.39, 0.29) is 11.2 Å². The fourth-order valence-corrected chi connectivity index (χ4v) is 4.73. The topological polar surface area (TPSA) is 57.0 Å². The number of para-hydroxylation sites is 2. The number of thioether (sulfide) groups is 1. The minimum absolute atomic E-state index is 0.00861. The summed E-state index contributed by atoms with van der Waals surface area (Å²) in [6.45, 7) is 2.28. The van der Waals surface area contributed by atoms with Crippen LogP contribution in [-0.4, -0.2) is 22.7 Å². The van der Waals surface area contributed by atoms with Crippen LogP contribution in [0.5, 0.6) is 0 Å². The first-order chi connectivity index (χ1) is 12.2. The third-order valence-corrected chi connectivity index (χ3v) is 5.90. The number of nitrogens with zero attached hydrogens (tertiary/aromatic N) is 3. The highest BCUT2D eigenvalue weighted by Gasteiger charge is 2.23. The van der Waals surface area contributed by atoms with E-state index in [9.17, 15) is 4.79 Å². The van der Waals surface area contributed by atoms with E-state index >= 15 is 0 Å². The van der Waals surface area contributed by atoms with Crippen molar-refractivity contribution < 1.29 is 4.79 Å². The Hall–Kier alpha value is -2.36. The lowest BCUT2D eigenvalue weighted by atomic mass is 10.2. The van der Waals surface area contributed by atoms with E-state index in [1.165, 1.54) is 11.8 Å². The smallest absolute Gasteiger partial charge is 0.240 e. The number of carbonyl (C=O) groups excluding carboxylic acids is 1. The van der Waals surface area contributed by atoms with Gasteiger partial charge in [-0.15, -0.1) is 11.3 Å². The Bertz CT molecular complexity index is 869. The molecule has 0 aliphatic carbocycles. The predicted molar refractivity (Wildman–Crippen MR) is 104 cm³/mol. The van der Waals surface area contributed by atoms with Crippen LogP contribution in [-0.2, 0) is 4.79 Å². The molecule has 1 unspecified atom stereocenters. The third-order valence-electron chi connectivity index (χ3n) is 3.68. The van der Waals surface area contributed by atoms with Gasteiger partial charge >= 0.3 is 0 Å². The van der Waals surface area contributed by atoms with E-state index in [1.54, 1.807) is 16.2 Å². The highest BCUT2D eigenvalue weighted by Crippen LogP contribution is 2.33. The molecule has 3 rings (SSSR count). The maximum absolute atomic E-state index is 12.9. The molecule has 0 saturated heterocycles. The van der Waals surface area contributed by atoms with Crippen LogP contribution >= 0.6 is 23.1 Å². The molecule has 0 N–H and O–H groups in total. The summed E-state index contributed by atoms with van der Waals surface area (Å²) in [5.74, 6) is -0.00861. The van der Waals surface area contributed by atoms with Gasteiger partial charge in [0, 0.05) is 12.2 Å². The lowest BCUT2D eigenvalue weighted by molar-refractivity contribution is -0.117. The first kappa shape index (κ1) is 17.5. The second-order valence-electron chi connectivity index (χ2n) is 5.44. The van der Waals surface area contributed by atoms with Gasteiger partial charge in [-0.1, -0.05) is 42.1 Å². The van der Waals surface area contributed by atoms with E-state index in [4.69, 9.17) is 5.26 Å². The zero-order chi connectivity index (χ0) is 17.6. The zero-order valence-corrected chi connectivity index (χ0v) is 15.4. The van der Waals surface area contributed by atoms with Gasteiger partial charge in [0.2, 0.25) is 5.91 Å². The van der Waals surface area contributed by atoms with Crippen LogP contribution in [0.2, 0.25) is 0 Å². The Labute approximate surface area is 155 Å². The number of nitriles is 1. The number of rotatable bonds is 6. The van der Waals surface area contributed by atoms with Crippen LogP contribution in [0.4, 0.5) is 5.69 Å². The van der Waals surface area contributed by atoms with Crippen molar-refractivity contribution in [3.8, 4) is 6.07 Å². The second kappa shape index (κ2) is 8.15. The summed E-state index contributed by atoms with van der Waals surface area (Å²) in [6.07, 6.45) is 0.305. The van der Waals surface area contributed by atoms with E-state index in [0.29, 0.717) is 13.0 Å². The Morgan fingerprint density at radius 2 is 1.96 bits per heavy atom. The Morgan fingerprint density at radius 3 is 2.68 bits per heavy atom. The van der Waals surface area contributed by atoms with E-state index in [1.807, 2.05) is 61.5 Å². The van der Waals surface area contributed by atoms with Gasteiger partial charge in [-0.2, -0.15) is 5.26 Å². The zero-order valence-electron chi connectivity index (χ0n) is 13.8. The number of amides is 1. The molecule has 3 aromatic rings. The average Bonchev–Trinajstić information content (AvgIpc) is 3.05. The van der Waals surface area contributed by atoms with Crippen molar-refractivity contribution in [2.45, 2.75) is 22.9 Å². The minimum Gasteiger partial charge on any atom is -0.310 e. The van der Waals surface area contributed by atoms with Crippen LogP contribution in [0, 0.1) is 11.3 Å². The molecule has 0 saturated carbocycles. The molecule has 6 heteroatoms. The SMILES string of the molecule is CC(Sc1nc2ccccc2s1)C(=O)N(CCC#N)c1ccccc1. The largest absolute Gasteiger partial charge is 0.310 e. The number of carbonyl (C=O) groups is 1. The first-order valence-electron chi connectivity index (χ1n) is 7.94. The second-order valence-corrected chi connectivity index (χ2v) is 8.06. The molecule has 1 atom stereocenters. The van der Waals surface area contributed by atoms with E-state index < -0.39 is 0 Å². The Balaban J connectivity index is 1.77. The number of benzene rings is 2. The number of aromatic nitrogens is 1. The molecule has 0 aliphatic heterocycles. The Kier molecular flexibility index (Phi) is 5.69. The van der Waals surface area contributed by atoms with E-state index in [0.717, 1.165) is 20.2 Å². The van der Waals surface area contributed by atoms with Crippen molar-refractivity contribution in [2.75, 3.05) is 11.4 Å². The highest BCUT2D eigenvalue weighted by atomic mass is 32.2. The lowest BCUT2D eigenvalue weighted by Crippen LogP contribution is -2.37. The molecule has 1 heterocycles. The van der Waals surface area contributed by atoms with Gasteiger partial charge in [0.15, 0.2) is 4.34 Å². The maximum Gasteiger partial charge on any atom is 0.240 e. The molecule has 1 amide bonds. The van der Waals surface area contributed by atoms with Crippen LogP contribution in [0.3, 0.4) is 0 Å². The molecule has 0 radical (unpaired) electrons. The fourth-order valence-electron chi connectivity index (χ4n) is 2.46. The van der Waals surface area contributed by atoms with Crippen molar-refractivity contribution in [3.63, 3.8) is 0 Å². The van der Waals surface area contributed by atoms with Crippen molar-refractivity contribution >= 4 is 44.9 Å². The molecule has 0 fully saturated rings. The number of thiazole rings is 1. The molecule has 4 nitrogen and oxygen atoms in total. The minimum atomic E-state index is -0.278. The van der Waals surface area contributed by atoms with Crippen LogP contribution < -0.4 is 4.90 Å². The van der Waals surface area contributed by atoms with Crippen LogP contribution in [0.15, 0.2) is 58.9 Å². The van der Waals surface area contributed by atoms with Gasteiger partial charge in [0.1, 0.15) is 0 Å². The highest BCUT2D eigenvalue weighted by molar-refractivity contribution is 8.02. The van der Waals surface area contributed by atoms with Gasteiger partial charge in [-0.05, 0) is 31.2 Å². The molecule has 0 spiro atoms. The van der Waals surface area contributed by atoms with Crippen molar-refractivity contribution in [1.29, 1.82) is 5.26 Å². The van der Waals surface area contributed by atoms with Gasteiger partial charge < -0.3 is 4.90 Å². The van der Waals surface area contributed by atoms with Crippen molar-refractivity contribution in [1.82, 2.24) is 4.98 Å². The number of hydrogen-bond acceptors (Lipinski definition) is 5. The monoisotopic (exact) mass is 367 g/mol. The molecular weight excluding hydrogens is 350 g/mol. The summed E-state index contributed by atoms with van der Waals surface area (Å²) in [7, 11) is 0. The molecular formula is C19H17N3OS2. The molecule has 126 valence electrons.